The first-order valence-electron chi connectivity index (χ1n) is 13.0. The number of phosphoric ester groups is 1. The summed E-state index contributed by atoms with van der Waals surface area (Å²) in [6.45, 7) is -1.18. The van der Waals surface area contributed by atoms with E-state index in [-0.39, 0.29) is 11.3 Å². The van der Waals surface area contributed by atoms with Gasteiger partial charge in [-0.05, 0) is 36.4 Å². The highest BCUT2D eigenvalue weighted by atomic mass is 31.3. The predicted molar refractivity (Wildman–Crippen MR) is 158 cm³/mol. The lowest BCUT2D eigenvalue weighted by Gasteiger charge is -2.22. The van der Waals surface area contributed by atoms with Crippen LogP contribution in [0.25, 0.3) is 0 Å². The number of phosphoric acid groups is 3. The molecule has 0 bridgehead atoms. The van der Waals surface area contributed by atoms with Gasteiger partial charge >= 0.3 is 42.7 Å². The number of esters is 1. The minimum absolute atomic E-state index is 0.0237. The number of aliphatic hydroxyl groups is 1. The van der Waals surface area contributed by atoms with E-state index in [1.54, 1.807) is 6.07 Å². The maximum atomic E-state index is 12.7. The van der Waals surface area contributed by atoms with Crippen LogP contribution in [0.3, 0.4) is 0 Å². The predicted octanol–water partition coefficient (Wildman–Crippen LogP) is 0.908. The molecule has 0 radical (unpaired) electrons. The van der Waals surface area contributed by atoms with Crippen LogP contribution in [0.2, 0.25) is 0 Å². The number of aromatic nitrogens is 2. The van der Waals surface area contributed by atoms with Crippen LogP contribution in [0, 0.1) is 0 Å². The third-order valence-electron chi connectivity index (χ3n) is 6.12. The number of hydrogen-bond donors (Lipinski definition) is 6. The number of carbonyl (C=O) groups excluding carboxylic acids is 1. The Bertz CT molecular complexity index is 1930. The van der Waals surface area contributed by atoms with Crippen molar-refractivity contribution >= 4 is 42.3 Å². The molecule has 48 heavy (non-hydrogen) atoms. The molecule has 0 spiro atoms. The first kappa shape index (κ1) is 37.7. The monoisotopic (exact) mass is 758 g/mol. The molecule has 0 saturated carbocycles. The minimum Gasteiger partial charge on any atom is -0.497 e. The normalized spacial score (nSPS) is 24.4. The van der Waals surface area contributed by atoms with E-state index in [9.17, 15) is 57.3 Å². The quantitative estimate of drug-likeness (QED) is 0.0983. The minimum atomic E-state index is -6.12. The standard InChI is InChI=1S/C23H26N2O19P4/c1-38-15-7-9-16(10-8-15)45(30,31)42-47(34,35)44-48(36,37)43-46(32,33)39-13-17-19(27)20(41-22(28)14-5-3-2-4-6-14)21(40-17)25-12-11-18(26)24-23(25)29/h2-12,17,19-21,27H,13H2,1H3,(H,30,31)(H,32,33)(H,34,35)(H,36,37)(H,24,26,29)/t17-,19?,20+,21-/m1/s1. The first-order valence-corrected chi connectivity index (χ1v) is 19.0. The Kier molecular flexibility index (Phi) is 11.6. The summed E-state index contributed by atoms with van der Waals surface area (Å²) in [5.74, 6) is -0.758. The number of nitrogens with one attached hydrogen (secondary N) is 1. The molecule has 262 valence electrons. The summed E-state index contributed by atoms with van der Waals surface area (Å²) >= 11 is 0. The molecule has 2 heterocycles. The molecule has 4 rings (SSSR count). The molecule has 5 unspecified atom stereocenters. The molecule has 21 nitrogen and oxygen atoms in total. The molecule has 1 aliphatic rings. The highest BCUT2D eigenvalue weighted by molar-refractivity contribution is 7.73. The largest absolute Gasteiger partial charge is 0.497 e. The maximum Gasteiger partial charge on any atom is 0.490 e. The van der Waals surface area contributed by atoms with Crippen molar-refractivity contribution in [3.8, 4) is 5.75 Å². The van der Waals surface area contributed by atoms with E-state index in [1.807, 2.05) is 4.98 Å². The number of carbonyl (C=O) groups is 1. The molecule has 6 N–H and O–H groups in total. The molecule has 2 aromatic carbocycles. The molecular weight excluding hydrogens is 732 g/mol. The summed E-state index contributed by atoms with van der Waals surface area (Å²) in [7, 11) is -21.8. The summed E-state index contributed by atoms with van der Waals surface area (Å²) < 4.78 is 82.5. The third kappa shape index (κ3) is 9.75. The van der Waals surface area contributed by atoms with Crippen molar-refractivity contribution in [2.75, 3.05) is 13.7 Å². The van der Waals surface area contributed by atoms with Gasteiger partial charge in [0.25, 0.3) is 5.56 Å². The van der Waals surface area contributed by atoms with Gasteiger partial charge in [0.1, 0.15) is 18.0 Å². The molecule has 3 aromatic rings. The van der Waals surface area contributed by atoms with Crippen molar-refractivity contribution in [3.63, 3.8) is 0 Å². The fourth-order valence-corrected chi connectivity index (χ4v) is 9.45. The van der Waals surface area contributed by atoms with Crippen molar-refractivity contribution in [1.82, 2.24) is 9.55 Å². The van der Waals surface area contributed by atoms with Crippen molar-refractivity contribution in [3.05, 3.63) is 93.3 Å². The van der Waals surface area contributed by atoms with Crippen LogP contribution in [0.4, 0.5) is 0 Å². The summed E-state index contributed by atoms with van der Waals surface area (Å²) in [5, 5.41) is 10.3. The van der Waals surface area contributed by atoms with Crippen LogP contribution in [-0.2, 0) is 45.2 Å². The van der Waals surface area contributed by atoms with E-state index in [0.29, 0.717) is 0 Å². The van der Waals surface area contributed by atoms with E-state index in [1.165, 1.54) is 43.5 Å². The van der Waals surface area contributed by atoms with Gasteiger partial charge in [0.15, 0.2) is 12.3 Å². The van der Waals surface area contributed by atoms with Crippen LogP contribution in [0.5, 0.6) is 5.75 Å². The highest BCUT2D eigenvalue weighted by Crippen LogP contribution is 2.71. The van der Waals surface area contributed by atoms with E-state index >= 15 is 0 Å². The van der Waals surface area contributed by atoms with Gasteiger partial charge in [-0.3, -0.25) is 23.4 Å². The molecule has 0 amide bonds. The number of aromatic amines is 1. The molecule has 1 saturated heterocycles. The van der Waals surface area contributed by atoms with Crippen molar-refractivity contribution in [2.24, 2.45) is 0 Å². The smallest absolute Gasteiger partial charge is 0.490 e. The van der Waals surface area contributed by atoms with Crippen LogP contribution < -0.4 is 21.3 Å². The van der Waals surface area contributed by atoms with Crippen LogP contribution in [0.1, 0.15) is 16.6 Å². The highest BCUT2D eigenvalue weighted by Gasteiger charge is 2.50. The van der Waals surface area contributed by atoms with Crippen molar-refractivity contribution in [1.29, 1.82) is 0 Å². The average Bonchev–Trinajstić information content (AvgIpc) is 3.29. The van der Waals surface area contributed by atoms with Crippen LogP contribution >= 0.6 is 31.1 Å². The van der Waals surface area contributed by atoms with E-state index in [2.05, 4.69) is 17.5 Å². The fraction of sp³-hybridized carbons (Fsp3) is 0.261. The number of nitrogens with zero attached hydrogens (tertiary/aromatic N) is 1. The number of H-pyrrole nitrogens is 1. The Morgan fingerprint density at radius 3 is 2.08 bits per heavy atom. The molecule has 1 fully saturated rings. The number of benzene rings is 2. The van der Waals surface area contributed by atoms with Gasteiger partial charge in [-0.15, -0.1) is 0 Å². The second-order valence-corrected chi connectivity index (χ2v) is 16.1. The number of ether oxygens (including phenoxy) is 3. The average molecular weight is 758 g/mol. The number of hydrogen-bond acceptors (Lipinski definition) is 15. The van der Waals surface area contributed by atoms with Gasteiger partial charge < -0.3 is 38.9 Å². The Morgan fingerprint density at radius 1 is 0.875 bits per heavy atom. The Morgan fingerprint density at radius 2 is 1.48 bits per heavy atom. The summed E-state index contributed by atoms with van der Waals surface area (Å²) in [6, 6.07) is 12.6. The Hall–Kier alpha value is -3.09. The first-order chi connectivity index (χ1) is 22.3. The van der Waals surface area contributed by atoms with Gasteiger partial charge in [-0.25, -0.2) is 27.6 Å². The maximum absolute atomic E-state index is 12.7. The van der Waals surface area contributed by atoms with Gasteiger partial charge in [-0.2, -0.15) is 8.62 Å². The van der Waals surface area contributed by atoms with E-state index in [4.69, 9.17) is 14.2 Å². The lowest BCUT2D eigenvalue weighted by molar-refractivity contribution is -0.0597. The van der Waals surface area contributed by atoms with E-state index in [0.717, 1.165) is 29.0 Å². The van der Waals surface area contributed by atoms with Gasteiger partial charge in [0.2, 0.25) is 0 Å². The molecule has 0 aliphatic carbocycles. The number of aliphatic hydroxyl groups excluding tert-OH is 1. The molecule has 8 atom stereocenters. The second-order valence-electron chi connectivity index (χ2n) is 9.47. The number of rotatable bonds is 14. The zero-order valence-corrected chi connectivity index (χ0v) is 27.6. The molecule has 1 aromatic heterocycles. The van der Waals surface area contributed by atoms with E-state index < -0.39 is 84.7 Å². The Labute approximate surface area is 268 Å². The fourth-order valence-electron chi connectivity index (χ4n) is 4.04. The zero-order valence-electron chi connectivity index (χ0n) is 24.1. The zero-order chi connectivity index (χ0) is 35.5. The Balaban J connectivity index is 1.44. The second kappa shape index (κ2) is 14.8. The molecular formula is C23H26N2O19P4. The van der Waals surface area contributed by atoms with Crippen LogP contribution in [-0.4, -0.2) is 72.2 Å². The SMILES string of the molecule is COc1ccc(P(=O)(O)OP(=O)(O)OP(=O)(O)OP(=O)(O)OC[C@H]2O[C@@H](n3ccc(=O)[nH]c3=O)[C@@H](OC(=O)c3ccccc3)C2O)cc1. The summed E-state index contributed by atoms with van der Waals surface area (Å²) in [5.41, 5.74) is -1.84. The third-order valence-corrected chi connectivity index (χ3v) is 12.6. The summed E-state index contributed by atoms with van der Waals surface area (Å²) in [4.78, 5) is 78.4. The topological polar surface area (TPSA) is 306 Å². The molecule has 1 aliphatic heterocycles. The van der Waals surface area contributed by atoms with Crippen molar-refractivity contribution in [2.45, 2.75) is 24.5 Å². The van der Waals surface area contributed by atoms with Gasteiger partial charge in [0, 0.05) is 12.3 Å². The lowest BCUT2D eigenvalue weighted by Crippen LogP contribution is -2.40. The van der Waals surface area contributed by atoms with Gasteiger partial charge in [0.05, 0.1) is 24.6 Å². The molecule has 25 heteroatoms. The van der Waals surface area contributed by atoms with Crippen LogP contribution in [0.15, 0.2) is 76.4 Å². The van der Waals surface area contributed by atoms with Gasteiger partial charge in [-0.1, -0.05) is 18.2 Å². The number of methoxy groups -OCH3 is 1. The lowest BCUT2D eigenvalue weighted by atomic mass is 10.1. The summed E-state index contributed by atoms with van der Waals surface area (Å²) in [6.07, 6.45) is -6.07. The van der Waals surface area contributed by atoms with Crippen molar-refractivity contribution < 1.29 is 79.4 Å².